The van der Waals surface area contributed by atoms with Crippen molar-refractivity contribution in [1.82, 2.24) is 0 Å². The molecule has 0 unspecified atom stereocenters. The Hall–Kier alpha value is -1.71. The molecule has 1 aliphatic rings. The standard InChI is InChI=1S/C9H8O.CH3NO2/c10-9-6-5-7-3-1-2-4-8(7)9;1-2(3)4/h1-4H,5-6H2;1H3. The number of fused-ring (bicyclic) bond motifs is 1. The van der Waals surface area contributed by atoms with Gasteiger partial charge in [0.2, 0.25) is 0 Å². The van der Waals surface area contributed by atoms with Crippen LogP contribution in [0.4, 0.5) is 0 Å². The SMILES string of the molecule is C[N+](=O)[O-].O=C1CCc2ccccc21. The molecule has 0 spiro atoms. The van der Waals surface area contributed by atoms with E-state index in [-0.39, 0.29) is 0 Å². The van der Waals surface area contributed by atoms with Gasteiger partial charge in [0.15, 0.2) is 12.8 Å². The van der Waals surface area contributed by atoms with Crippen molar-refractivity contribution in [3.8, 4) is 0 Å². The smallest absolute Gasteiger partial charge is 0.194 e. The van der Waals surface area contributed by atoms with Crippen molar-refractivity contribution >= 4 is 5.78 Å². The molecule has 74 valence electrons. The quantitative estimate of drug-likeness (QED) is 0.465. The molecule has 1 aliphatic carbocycles. The highest BCUT2D eigenvalue weighted by atomic mass is 16.6. The normalized spacial score (nSPS) is 12.8. The molecule has 4 nitrogen and oxygen atoms in total. The summed E-state index contributed by atoms with van der Waals surface area (Å²) < 4.78 is 0. The van der Waals surface area contributed by atoms with Crippen molar-refractivity contribution in [2.75, 3.05) is 7.05 Å². The van der Waals surface area contributed by atoms with E-state index in [4.69, 9.17) is 10.1 Å². The second-order valence-corrected chi connectivity index (χ2v) is 3.02. The number of benzene rings is 1. The molecule has 2 rings (SSSR count). The van der Waals surface area contributed by atoms with Gasteiger partial charge >= 0.3 is 0 Å². The lowest BCUT2D eigenvalue weighted by Crippen LogP contribution is -1.88. The fraction of sp³-hybridized carbons (Fsp3) is 0.300. The summed E-state index contributed by atoms with van der Waals surface area (Å²) in [7, 11) is 0.889. The Morgan fingerprint density at radius 1 is 1.29 bits per heavy atom. The van der Waals surface area contributed by atoms with Gasteiger partial charge in [-0.25, -0.2) is 0 Å². The van der Waals surface area contributed by atoms with Crippen LogP contribution < -0.4 is 0 Å². The minimum absolute atomic E-state index is 0.301. The van der Waals surface area contributed by atoms with Crippen LogP contribution in [0.25, 0.3) is 0 Å². The van der Waals surface area contributed by atoms with Gasteiger partial charge in [-0.3, -0.25) is 14.9 Å². The first-order valence-corrected chi connectivity index (χ1v) is 4.30. The molecule has 0 heterocycles. The lowest BCUT2D eigenvalue weighted by atomic mass is 10.1. The zero-order valence-corrected chi connectivity index (χ0v) is 7.90. The first kappa shape index (κ1) is 10.4. The zero-order valence-electron chi connectivity index (χ0n) is 7.90. The van der Waals surface area contributed by atoms with Crippen LogP contribution >= 0.6 is 0 Å². The highest BCUT2D eigenvalue weighted by Crippen LogP contribution is 2.20. The molecule has 0 saturated heterocycles. The zero-order chi connectivity index (χ0) is 10.6. The number of hydrogen-bond donors (Lipinski definition) is 0. The van der Waals surface area contributed by atoms with Gasteiger partial charge in [-0.2, -0.15) is 0 Å². The average Bonchev–Trinajstić information content (AvgIpc) is 2.48. The number of ketones is 1. The molecule has 0 aliphatic heterocycles. The summed E-state index contributed by atoms with van der Waals surface area (Å²) in [6, 6.07) is 7.84. The summed E-state index contributed by atoms with van der Waals surface area (Å²) in [4.78, 5) is 19.4. The Bertz CT molecular complexity index is 356. The average molecular weight is 193 g/mol. The lowest BCUT2D eigenvalue weighted by Gasteiger charge is -1.92. The van der Waals surface area contributed by atoms with Crippen molar-refractivity contribution in [2.45, 2.75) is 12.8 Å². The minimum atomic E-state index is -0.500. The molecule has 0 amide bonds. The van der Waals surface area contributed by atoms with Gasteiger partial charge in [0, 0.05) is 16.9 Å². The van der Waals surface area contributed by atoms with Crippen LogP contribution in [0, 0.1) is 10.1 Å². The van der Waals surface area contributed by atoms with Gasteiger partial charge in [0.05, 0.1) is 0 Å². The third-order valence-corrected chi connectivity index (χ3v) is 1.94. The summed E-state index contributed by atoms with van der Waals surface area (Å²) in [5, 5.41) is 8.81. The number of nitrogens with zero attached hydrogens (tertiary/aromatic N) is 1. The molecular weight excluding hydrogens is 182 g/mol. The van der Waals surface area contributed by atoms with E-state index in [1.807, 2.05) is 24.3 Å². The van der Waals surface area contributed by atoms with Gasteiger partial charge in [-0.05, 0) is 12.0 Å². The Balaban J connectivity index is 0.000000213. The van der Waals surface area contributed by atoms with Crippen LogP contribution in [0.2, 0.25) is 0 Å². The van der Waals surface area contributed by atoms with Crippen molar-refractivity contribution in [2.24, 2.45) is 0 Å². The topological polar surface area (TPSA) is 60.2 Å². The molecule has 1 aromatic rings. The van der Waals surface area contributed by atoms with Crippen molar-refractivity contribution < 1.29 is 9.72 Å². The van der Waals surface area contributed by atoms with Crippen LogP contribution in [-0.4, -0.2) is 17.8 Å². The maximum Gasteiger partial charge on any atom is 0.194 e. The van der Waals surface area contributed by atoms with E-state index in [9.17, 15) is 4.79 Å². The fourth-order valence-corrected chi connectivity index (χ4v) is 1.39. The molecule has 0 radical (unpaired) electrons. The number of rotatable bonds is 0. The first-order valence-electron chi connectivity index (χ1n) is 4.30. The van der Waals surface area contributed by atoms with Crippen LogP contribution in [0.5, 0.6) is 0 Å². The Labute approximate surface area is 81.7 Å². The number of carbonyl (C=O) groups is 1. The molecule has 1 aromatic carbocycles. The third-order valence-electron chi connectivity index (χ3n) is 1.94. The van der Waals surface area contributed by atoms with Crippen LogP contribution in [0.15, 0.2) is 24.3 Å². The van der Waals surface area contributed by atoms with Crippen molar-refractivity contribution in [3.05, 3.63) is 45.5 Å². The Kier molecular flexibility index (Phi) is 3.34. The molecule has 0 aromatic heterocycles. The van der Waals surface area contributed by atoms with E-state index in [2.05, 4.69) is 0 Å². The molecule has 0 N–H and O–H groups in total. The second-order valence-electron chi connectivity index (χ2n) is 3.02. The molecule has 0 fully saturated rings. The van der Waals surface area contributed by atoms with E-state index in [1.165, 1.54) is 5.56 Å². The lowest BCUT2D eigenvalue weighted by molar-refractivity contribution is -0.445. The van der Waals surface area contributed by atoms with Crippen molar-refractivity contribution in [3.63, 3.8) is 0 Å². The fourth-order valence-electron chi connectivity index (χ4n) is 1.39. The second kappa shape index (κ2) is 4.50. The molecule has 14 heavy (non-hydrogen) atoms. The number of Topliss-reactive ketones (excluding diaryl/α,β-unsaturated/α-hetero) is 1. The van der Waals surface area contributed by atoms with Crippen LogP contribution in [-0.2, 0) is 6.42 Å². The maximum atomic E-state index is 11.1. The Morgan fingerprint density at radius 2 is 1.86 bits per heavy atom. The molecule has 0 saturated carbocycles. The largest absolute Gasteiger partial charge is 0.294 e. The molecule has 0 bridgehead atoms. The highest BCUT2D eigenvalue weighted by molar-refractivity contribution is 6.00. The van der Waals surface area contributed by atoms with Crippen LogP contribution in [0.3, 0.4) is 0 Å². The van der Waals surface area contributed by atoms with Crippen LogP contribution in [0.1, 0.15) is 22.3 Å². The number of carbonyl (C=O) groups excluding carboxylic acids is 1. The summed E-state index contributed by atoms with van der Waals surface area (Å²) >= 11 is 0. The van der Waals surface area contributed by atoms with Gasteiger partial charge in [-0.15, -0.1) is 0 Å². The van der Waals surface area contributed by atoms with Crippen molar-refractivity contribution in [1.29, 1.82) is 0 Å². The minimum Gasteiger partial charge on any atom is -0.294 e. The van der Waals surface area contributed by atoms with E-state index in [0.717, 1.165) is 19.0 Å². The maximum absolute atomic E-state index is 11.1. The summed E-state index contributed by atoms with van der Waals surface area (Å²) in [6.45, 7) is 0. The van der Waals surface area contributed by atoms with E-state index < -0.39 is 4.92 Å². The van der Waals surface area contributed by atoms with Gasteiger partial charge in [0.1, 0.15) is 0 Å². The third kappa shape index (κ3) is 2.65. The first-order chi connectivity index (χ1) is 6.61. The predicted molar refractivity (Wildman–Crippen MR) is 52.0 cm³/mol. The van der Waals surface area contributed by atoms with E-state index in [1.54, 1.807) is 0 Å². The number of aryl methyl sites for hydroxylation is 1. The van der Waals surface area contributed by atoms with Gasteiger partial charge < -0.3 is 0 Å². The summed E-state index contributed by atoms with van der Waals surface area (Å²) in [6.07, 6.45) is 1.65. The summed E-state index contributed by atoms with van der Waals surface area (Å²) in [5.41, 5.74) is 2.15. The summed E-state index contributed by atoms with van der Waals surface area (Å²) in [5.74, 6) is 0.301. The molecular formula is C10H11NO3. The van der Waals surface area contributed by atoms with E-state index in [0.29, 0.717) is 12.2 Å². The monoisotopic (exact) mass is 193 g/mol. The number of hydrogen-bond acceptors (Lipinski definition) is 3. The highest BCUT2D eigenvalue weighted by Gasteiger charge is 2.17. The predicted octanol–water partition coefficient (Wildman–Crippen LogP) is 1.71. The van der Waals surface area contributed by atoms with E-state index >= 15 is 0 Å². The molecule has 4 heteroatoms. The van der Waals surface area contributed by atoms with Gasteiger partial charge in [0.25, 0.3) is 0 Å². The number of nitro groups is 1. The van der Waals surface area contributed by atoms with Gasteiger partial charge in [-0.1, -0.05) is 24.3 Å². The molecule has 0 atom stereocenters. The Morgan fingerprint density at radius 3 is 2.43 bits per heavy atom.